The maximum Gasteiger partial charge on any atom is 0.142 e. The summed E-state index contributed by atoms with van der Waals surface area (Å²) < 4.78 is 0. The SMILES string of the molecule is CC(C)(C)N(C(=O)[O-])c1ccc(N)cc1. The van der Waals surface area contributed by atoms with Crippen LogP contribution in [-0.4, -0.2) is 11.6 Å². The van der Waals surface area contributed by atoms with Gasteiger partial charge < -0.3 is 20.5 Å². The molecule has 0 heterocycles. The van der Waals surface area contributed by atoms with Crippen molar-refractivity contribution in [2.45, 2.75) is 26.3 Å². The molecule has 4 nitrogen and oxygen atoms in total. The van der Waals surface area contributed by atoms with Crippen LogP contribution in [0.25, 0.3) is 0 Å². The van der Waals surface area contributed by atoms with Crippen molar-refractivity contribution in [3.05, 3.63) is 24.3 Å². The first kappa shape index (κ1) is 11.4. The number of anilines is 2. The van der Waals surface area contributed by atoms with E-state index in [0.717, 1.165) is 0 Å². The normalized spacial score (nSPS) is 11.1. The van der Waals surface area contributed by atoms with Crippen LogP contribution in [0.1, 0.15) is 20.8 Å². The molecule has 0 aliphatic carbocycles. The lowest BCUT2D eigenvalue weighted by atomic mass is 10.1. The van der Waals surface area contributed by atoms with Crippen molar-refractivity contribution in [1.82, 2.24) is 0 Å². The molecule has 0 unspecified atom stereocenters. The van der Waals surface area contributed by atoms with E-state index in [2.05, 4.69) is 0 Å². The van der Waals surface area contributed by atoms with Crippen LogP contribution in [0.15, 0.2) is 24.3 Å². The van der Waals surface area contributed by atoms with Crippen LogP contribution in [0.3, 0.4) is 0 Å². The summed E-state index contributed by atoms with van der Waals surface area (Å²) in [7, 11) is 0. The van der Waals surface area contributed by atoms with E-state index in [4.69, 9.17) is 5.73 Å². The van der Waals surface area contributed by atoms with E-state index in [9.17, 15) is 9.90 Å². The maximum atomic E-state index is 11.0. The molecule has 0 saturated heterocycles. The van der Waals surface area contributed by atoms with Gasteiger partial charge in [-0.15, -0.1) is 0 Å². The molecule has 4 heteroatoms. The van der Waals surface area contributed by atoms with Gasteiger partial charge in [0, 0.05) is 16.9 Å². The standard InChI is InChI=1S/C11H16N2O2/c1-11(2,3)13(10(14)15)9-6-4-8(12)5-7-9/h4-7H,12H2,1-3H3,(H,14,15)/p-1. The van der Waals surface area contributed by atoms with Gasteiger partial charge in [0.15, 0.2) is 0 Å². The Morgan fingerprint density at radius 1 is 1.27 bits per heavy atom. The van der Waals surface area contributed by atoms with Crippen LogP contribution in [0, 0.1) is 0 Å². The average molecular weight is 207 g/mol. The topological polar surface area (TPSA) is 69.4 Å². The monoisotopic (exact) mass is 207 g/mol. The van der Waals surface area contributed by atoms with Gasteiger partial charge in [0.25, 0.3) is 0 Å². The van der Waals surface area contributed by atoms with E-state index in [1.54, 1.807) is 45.0 Å². The second kappa shape index (κ2) is 3.81. The van der Waals surface area contributed by atoms with Crippen molar-refractivity contribution in [3.63, 3.8) is 0 Å². The van der Waals surface area contributed by atoms with Crippen LogP contribution >= 0.6 is 0 Å². The zero-order chi connectivity index (χ0) is 11.6. The Balaban J connectivity index is 3.11. The predicted molar refractivity (Wildman–Crippen MR) is 58.5 cm³/mol. The number of nitrogen functional groups attached to an aromatic ring is 1. The van der Waals surface area contributed by atoms with Gasteiger partial charge in [0.1, 0.15) is 6.09 Å². The largest absolute Gasteiger partial charge is 0.530 e. The molecule has 0 atom stereocenters. The number of amides is 1. The average Bonchev–Trinajstić information content (AvgIpc) is 2.05. The first-order chi connectivity index (χ1) is 6.82. The minimum atomic E-state index is -1.22. The summed E-state index contributed by atoms with van der Waals surface area (Å²) in [6, 6.07) is 6.65. The summed E-state index contributed by atoms with van der Waals surface area (Å²) in [5, 5.41) is 11.0. The van der Waals surface area contributed by atoms with Crippen molar-refractivity contribution < 1.29 is 9.90 Å². The van der Waals surface area contributed by atoms with E-state index >= 15 is 0 Å². The smallest absolute Gasteiger partial charge is 0.142 e. The number of carbonyl (C=O) groups excluding carboxylic acids is 1. The molecule has 0 aromatic heterocycles. The van der Waals surface area contributed by atoms with E-state index < -0.39 is 11.6 Å². The highest BCUT2D eigenvalue weighted by atomic mass is 16.4. The quantitative estimate of drug-likeness (QED) is 0.704. The summed E-state index contributed by atoms with van der Waals surface area (Å²) in [6.45, 7) is 5.41. The number of nitrogens with two attached hydrogens (primary N) is 1. The molecule has 1 rings (SSSR count). The summed E-state index contributed by atoms with van der Waals surface area (Å²) >= 11 is 0. The number of hydrogen-bond acceptors (Lipinski definition) is 3. The molecular formula is C11H15N2O2-. The Kier molecular flexibility index (Phi) is 2.88. The minimum absolute atomic E-state index is 0.533. The molecule has 0 fully saturated rings. The zero-order valence-corrected chi connectivity index (χ0v) is 9.15. The molecule has 15 heavy (non-hydrogen) atoms. The van der Waals surface area contributed by atoms with Crippen LogP contribution in [0.5, 0.6) is 0 Å². The molecular weight excluding hydrogens is 192 g/mol. The lowest BCUT2D eigenvalue weighted by Crippen LogP contribution is -2.52. The van der Waals surface area contributed by atoms with Gasteiger partial charge in [-0.25, -0.2) is 0 Å². The first-order valence-electron chi connectivity index (χ1n) is 4.69. The fraction of sp³-hybridized carbons (Fsp3) is 0.364. The van der Waals surface area contributed by atoms with Gasteiger partial charge in [-0.1, -0.05) is 0 Å². The molecule has 1 aromatic rings. The second-order valence-corrected chi connectivity index (χ2v) is 4.36. The van der Waals surface area contributed by atoms with Crippen molar-refractivity contribution in [2.24, 2.45) is 0 Å². The Morgan fingerprint density at radius 3 is 2.07 bits per heavy atom. The summed E-state index contributed by atoms with van der Waals surface area (Å²) in [6.07, 6.45) is -1.22. The third kappa shape index (κ3) is 2.62. The summed E-state index contributed by atoms with van der Waals surface area (Å²) in [5.74, 6) is 0. The highest BCUT2D eigenvalue weighted by molar-refractivity contribution is 5.86. The van der Waals surface area contributed by atoms with Gasteiger partial charge in [0.2, 0.25) is 0 Å². The van der Waals surface area contributed by atoms with Crippen LogP contribution in [0.4, 0.5) is 16.2 Å². The minimum Gasteiger partial charge on any atom is -0.530 e. The van der Waals surface area contributed by atoms with E-state index in [1.807, 2.05) is 0 Å². The number of hydrogen-bond donors (Lipinski definition) is 1. The molecule has 0 saturated carbocycles. The highest BCUT2D eigenvalue weighted by Crippen LogP contribution is 2.24. The van der Waals surface area contributed by atoms with Gasteiger partial charge in [0.05, 0.1) is 0 Å². The number of carboxylic acid groups (broad SMARTS) is 1. The summed E-state index contributed by atoms with van der Waals surface area (Å²) in [4.78, 5) is 12.2. The van der Waals surface area contributed by atoms with Crippen molar-refractivity contribution in [3.8, 4) is 0 Å². The molecule has 0 aliphatic heterocycles. The van der Waals surface area contributed by atoms with Crippen molar-refractivity contribution in [1.29, 1.82) is 0 Å². The Morgan fingerprint density at radius 2 is 1.73 bits per heavy atom. The van der Waals surface area contributed by atoms with E-state index in [-0.39, 0.29) is 0 Å². The van der Waals surface area contributed by atoms with Crippen LogP contribution in [0.2, 0.25) is 0 Å². The third-order valence-electron chi connectivity index (χ3n) is 2.00. The molecule has 0 bridgehead atoms. The lowest BCUT2D eigenvalue weighted by Gasteiger charge is -2.37. The fourth-order valence-corrected chi connectivity index (χ4v) is 1.39. The number of carbonyl (C=O) groups is 1. The summed E-state index contributed by atoms with van der Waals surface area (Å²) in [5.41, 5.74) is 6.17. The van der Waals surface area contributed by atoms with Gasteiger partial charge in [-0.05, 0) is 45.0 Å². The van der Waals surface area contributed by atoms with Crippen molar-refractivity contribution >= 4 is 17.5 Å². The molecule has 0 aliphatic rings. The Labute approximate surface area is 89.3 Å². The third-order valence-corrected chi connectivity index (χ3v) is 2.00. The highest BCUT2D eigenvalue weighted by Gasteiger charge is 2.22. The molecule has 2 N–H and O–H groups in total. The van der Waals surface area contributed by atoms with Gasteiger partial charge in [-0.2, -0.15) is 0 Å². The lowest BCUT2D eigenvalue weighted by molar-refractivity contribution is -0.247. The number of benzene rings is 1. The second-order valence-electron chi connectivity index (χ2n) is 4.36. The molecule has 0 radical (unpaired) electrons. The Hall–Kier alpha value is -1.71. The van der Waals surface area contributed by atoms with Crippen LogP contribution in [-0.2, 0) is 0 Å². The van der Waals surface area contributed by atoms with Gasteiger partial charge in [-0.3, -0.25) is 0 Å². The number of nitrogens with zero attached hydrogens (tertiary/aromatic N) is 1. The Bertz CT molecular complexity index is 352. The van der Waals surface area contributed by atoms with Gasteiger partial charge >= 0.3 is 0 Å². The molecule has 1 aromatic carbocycles. The molecule has 1 amide bonds. The first-order valence-corrected chi connectivity index (χ1v) is 4.69. The molecule has 82 valence electrons. The zero-order valence-electron chi connectivity index (χ0n) is 9.15. The molecule has 0 spiro atoms. The maximum absolute atomic E-state index is 11.0. The van der Waals surface area contributed by atoms with E-state index in [1.165, 1.54) is 4.90 Å². The van der Waals surface area contributed by atoms with Crippen LogP contribution < -0.4 is 15.7 Å². The number of rotatable bonds is 1. The fourth-order valence-electron chi connectivity index (χ4n) is 1.39. The predicted octanol–water partition coefficient (Wildman–Crippen LogP) is 1.22. The van der Waals surface area contributed by atoms with E-state index in [0.29, 0.717) is 11.4 Å². The van der Waals surface area contributed by atoms with Crippen molar-refractivity contribution in [2.75, 3.05) is 10.6 Å².